The summed E-state index contributed by atoms with van der Waals surface area (Å²) >= 11 is 0. The Hall–Kier alpha value is -1.36. The van der Waals surface area contributed by atoms with E-state index in [1.165, 1.54) is 0 Å². The zero-order chi connectivity index (χ0) is 9.10. The molecule has 1 aromatic rings. The molecule has 5 heteroatoms. The predicted molar refractivity (Wildman–Crippen MR) is 48.2 cm³/mol. The number of nitrogens with one attached hydrogen (secondary N) is 3. The summed E-state index contributed by atoms with van der Waals surface area (Å²) in [5.41, 5.74) is 0.733. The number of nitrogens with zero attached hydrogens (tertiary/aromatic N) is 1. The van der Waals surface area contributed by atoms with Crippen LogP contribution < -0.4 is 10.6 Å². The van der Waals surface area contributed by atoms with E-state index in [-0.39, 0.29) is 11.8 Å². The van der Waals surface area contributed by atoms with Crippen LogP contribution in [0.25, 0.3) is 0 Å². The quantitative estimate of drug-likeness (QED) is 0.598. The van der Waals surface area contributed by atoms with Gasteiger partial charge in [-0.15, -0.1) is 0 Å². The summed E-state index contributed by atoms with van der Waals surface area (Å²) in [6.45, 7) is 1.72. The highest BCUT2D eigenvalue weighted by Crippen LogP contribution is 2.11. The number of aromatic amines is 1. The van der Waals surface area contributed by atoms with Gasteiger partial charge in [0.05, 0.1) is 17.8 Å². The van der Waals surface area contributed by atoms with Crippen molar-refractivity contribution in [2.75, 3.05) is 18.4 Å². The van der Waals surface area contributed by atoms with Crippen LogP contribution in [-0.4, -0.2) is 29.2 Å². The molecule has 5 nitrogen and oxygen atoms in total. The van der Waals surface area contributed by atoms with Gasteiger partial charge in [0.1, 0.15) is 0 Å². The molecule has 0 radical (unpaired) electrons. The van der Waals surface area contributed by atoms with Gasteiger partial charge < -0.3 is 10.6 Å². The van der Waals surface area contributed by atoms with Gasteiger partial charge in [0.2, 0.25) is 5.91 Å². The number of hydrogen-bond acceptors (Lipinski definition) is 3. The monoisotopic (exact) mass is 180 g/mol. The normalized spacial score (nSPS) is 21.7. The number of anilines is 1. The molecule has 1 amide bonds. The van der Waals surface area contributed by atoms with Crippen LogP contribution in [0.5, 0.6) is 0 Å². The van der Waals surface area contributed by atoms with E-state index >= 15 is 0 Å². The smallest absolute Gasteiger partial charge is 0.228 e. The highest BCUT2D eigenvalue weighted by Gasteiger charge is 2.22. The molecule has 0 aliphatic carbocycles. The van der Waals surface area contributed by atoms with E-state index in [1.54, 1.807) is 12.4 Å². The number of carbonyl (C=O) groups is 1. The van der Waals surface area contributed by atoms with Crippen LogP contribution in [-0.2, 0) is 4.79 Å². The summed E-state index contributed by atoms with van der Waals surface area (Å²) in [6.07, 6.45) is 4.18. The van der Waals surface area contributed by atoms with Gasteiger partial charge in [0.25, 0.3) is 0 Å². The zero-order valence-electron chi connectivity index (χ0n) is 7.21. The number of carbonyl (C=O) groups excluding carboxylic acids is 1. The van der Waals surface area contributed by atoms with Crippen molar-refractivity contribution in [3.8, 4) is 0 Å². The minimum absolute atomic E-state index is 0.0754. The van der Waals surface area contributed by atoms with Gasteiger partial charge in [-0.2, -0.15) is 5.10 Å². The lowest BCUT2D eigenvalue weighted by atomic mass is 10.1. The Labute approximate surface area is 75.9 Å². The first kappa shape index (κ1) is 8.25. The largest absolute Gasteiger partial charge is 0.323 e. The van der Waals surface area contributed by atoms with Gasteiger partial charge in [-0.3, -0.25) is 9.89 Å². The van der Waals surface area contributed by atoms with Crippen molar-refractivity contribution in [3.63, 3.8) is 0 Å². The number of H-pyrrole nitrogens is 1. The van der Waals surface area contributed by atoms with Crippen LogP contribution in [0, 0.1) is 5.92 Å². The van der Waals surface area contributed by atoms with E-state index in [1.807, 2.05) is 0 Å². The second kappa shape index (κ2) is 3.57. The third-order valence-electron chi connectivity index (χ3n) is 2.20. The first-order chi connectivity index (χ1) is 6.36. The average molecular weight is 180 g/mol. The molecule has 2 rings (SSSR count). The minimum atomic E-state index is 0.0754. The molecule has 0 bridgehead atoms. The van der Waals surface area contributed by atoms with Crippen molar-refractivity contribution in [2.24, 2.45) is 5.92 Å². The maximum atomic E-state index is 11.5. The molecular formula is C8H12N4O. The molecule has 0 spiro atoms. The van der Waals surface area contributed by atoms with Gasteiger partial charge in [-0.05, 0) is 13.0 Å². The Morgan fingerprint density at radius 3 is 3.23 bits per heavy atom. The summed E-state index contributed by atoms with van der Waals surface area (Å²) in [5.74, 6) is 0.182. The lowest BCUT2D eigenvalue weighted by Gasteiger charge is -2.06. The number of aromatic nitrogens is 2. The molecule has 0 aromatic carbocycles. The van der Waals surface area contributed by atoms with Crippen molar-refractivity contribution in [2.45, 2.75) is 6.42 Å². The van der Waals surface area contributed by atoms with E-state index in [0.717, 1.165) is 25.2 Å². The lowest BCUT2D eigenvalue weighted by molar-refractivity contribution is -0.119. The second-order valence-electron chi connectivity index (χ2n) is 3.17. The second-order valence-corrected chi connectivity index (χ2v) is 3.17. The van der Waals surface area contributed by atoms with E-state index < -0.39 is 0 Å². The summed E-state index contributed by atoms with van der Waals surface area (Å²) in [5, 5.41) is 12.3. The van der Waals surface area contributed by atoms with Crippen molar-refractivity contribution in [1.29, 1.82) is 0 Å². The highest BCUT2D eigenvalue weighted by molar-refractivity contribution is 5.92. The fraction of sp³-hybridized carbons (Fsp3) is 0.500. The van der Waals surface area contributed by atoms with E-state index in [0.29, 0.717) is 0 Å². The van der Waals surface area contributed by atoms with Crippen molar-refractivity contribution in [1.82, 2.24) is 15.5 Å². The SMILES string of the molecule is O=C(Nc1cn[nH]c1)[C@@H]1CCNC1. The Morgan fingerprint density at radius 1 is 1.69 bits per heavy atom. The lowest BCUT2D eigenvalue weighted by Crippen LogP contribution is -2.24. The molecule has 0 unspecified atom stereocenters. The minimum Gasteiger partial charge on any atom is -0.323 e. The van der Waals surface area contributed by atoms with Crippen LogP contribution in [0.2, 0.25) is 0 Å². The molecule has 70 valence electrons. The van der Waals surface area contributed by atoms with Crippen molar-refractivity contribution in [3.05, 3.63) is 12.4 Å². The third kappa shape index (κ3) is 1.86. The topological polar surface area (TPSA) is 69.8 Å². The molecule has 13 heavy (non-hydrogen) atoms. The summed E-state index contributed by atoms with van der Waals surface area (Å²) in [4.78, 5) is 11.5. The Balaban J connectivity index is 1.91. The third-order valence-corrected chi connectivity index (χ3v) is 2.20. The van der Waals surface area contributed by atoms with E-state index in [9.17, 15) is 4.79 Å². The maximum absolute atomic E-state index is 11.5. The molecule has 1 saturated heterocycles. The summed E-state index contributed by atoms with van der Waals surface area (Å²) < 4.78 is 0. The number of hydrogen-bond donors (Lipinski definition) is 3. The molecule has 1 aromatic heterocycles. The van der Waals surface area contributed by atoms with Crippen LogP contribution in [0.1, 0.15) is 6.42 Å². The van der Waals surface area contributed by atoms with Crippen molar-refractivity contribution < 1.29 is 4.79 Å². The predicted octanol–water partition coefficient (Wildman–Crippen LogP) is -0.0423. The number of amides is 1. The van der Waals surface area contributed by atoms with Crippen LogP contribution in [0.15, 0.2) is 12.4 Å². The van der Waals surface area contributed by atoms with Gasteiger partial charge in [0, 0.05) is 12.7 Å². The van der Waals surface area contributed by atoms with Gasteiger partial charge in [-0.25, -0.2) is 0 Å². The van der Waals surface area contributed by atoms with Crippen LogP contribution in [0.4, 0.5) is 5.69 Å². The van der Waals surface area contributed by atoms with E-state index in [2.05, 4.69) is 20.8 Å². The van der Waals surface area contributed by atoms with Gasteiger partial charge in [-0.1, -0.05) is 0 Å². The molecule has 1 aliphatic heterocycles. The van der Waals surface area contributed by atoms with Gasteiger partial charge >= 0.3 is 0 Å². The highest BCUT2D eigenvalue weighted by atomic mass is 16.1. The maximum Gasteiger partial charge on any atom is 0.228 e. The first-order valence-electron chi connectivity index (χ1n) is 4.36. The summed E-state index contributed by atoms with van der Waals surface area (Å²) in [7, 11) is 0. The van der Waals surface area contributed by atoms with Crippen LogP contribution in [0.3, 0.4) is 0 Å². The average Bonchev–Trinajstić information content (AvgIpc) is 2.74. The molecule has 1 fully saturated rings. The Kier molecular flexibility index (Phi) is 2.27. The molecule has 1 atom stereocenters. The zero-order valence-corrected chi connectivity index (χ0v) is 7.21. The molecule has 3 N–H and O–H groups in total. The summed E-state index contributed by atoms with van der Waals surface area (Å²) in [6, 6.07) is 0. The van der Waals surface area contributed by atoms with Crippen molar-refractivity contribution >= 4 is 11.6 Å². The molecule has 0 saturated carbocycles. The molecule has 2 heterocycles. The van der Waals surface area contributed by atoms with Gasteiger partial charge in [0.15, 0.2) is 0 Å². The van der Waals surface area contributed by atoms with E-state index in [4.69, 9.17) is 0 Å². The first-order valence-corrected chi connectivity index (χ1v) is 4.36. The molecular weight excluding hydrogens is 168 g/mol. The Bertz CT molecular complexity index is 276. The standard InChI is InChI=1S/C8H12N4O/c13-8(6-1-2-9-3-6)12-7-4-10-11-5-7/h4-6,9H,1-3H2,(H,10,11)(H,12,13)/t6-/m1/s1. The van der Waals surface area contributed by atoms with Crippen LogP contribution >= 0.6 is 0 Å². The Morgan fingerprint density at radius 2 is 2.62 bits per heavy atom. The fourth-order valence-corrected chi connectivity index (χ4v) is 1.44. The molecule has 1 aliphatic rings. The fourth-order valence-electron chi connectivity index (χ4n) is 1.44. The number of rotatable bonds is 2.